The quantitative estimate of drug-likeness (QED) is 0.887. The molecule has 1 N–H and O–H groups in total. The van der Waals surface area contributed by atoms with E-state index in [0.29, 0.717) is 11.5 Å². The first-order valence-corrected chi connectivity index (χ1v) is 9.23. The number of hydrogen-bond donors (Lipinski definition) is 1. The topological polar surface area (TPSA) is 33.1 Å². The van der Waals surface area contributed by atoms with E-state index in [-0.39, 0.29) is 0 Å². The van der Waals surface area contributed by atoms with Gasteiger partial charge in [-0.05, 0) is 30.2 Å². The highest BCUT2D eigenvalue weighted by Crippen LogP contribution is 2.48. The van der Waals surface area contributed by atoms with Crippen molar-refractivity contribution in [1.82, 2.24) is 20.0 Å². The molecule has 1 aromatic carbocycles. The maximum absolute atomic E-state index is 4.37. The molecule has 126 valence electrons. The van der Waals surface area contributed by atoms with Gasteiger partial charge in [0.2, 0.25) is 0 Å². The van der Waals surface area contributed by atoms with Crippen LogP contribution in [0.15, 0.2) is 36.5 Å². The molecule has 1 aliphatic heterocycles. The summed E-state index contributed by atoms with van der Waals surface area (Å²) in [6, 6.07) is 11.7. The highest BCUT2D eigenvalue weighted by Gasteiger charge is 2.47. The van der Waals surface area contributed by atoms with Gasteiger partial charge in [-0.25, -0.2) is 0 Å². The van der Waals surface area contributed by atoms with Gasteiger partial charge in [-0.1, -0.05) is 30.3 Å². The molecule has 4 nitrogen and oxygen atoms in total. The zero-order valence-corrected chi connectivity index (χ0v) is 14.4. The molecule has 0 saturated heterocycles. The molecule has 24 heavy (non-hydrogen) atoms. The average molecular weight is 322 g/mol. The molecule has 2 atom stereocenters. The number of nitrogens with zero attached hydrogens (tertiary/aromatic N) is 3. The Kier molecular flexibility index (Phi) is 3.32. The first-order chi connectivity index (χ1) is 11.7. The third-order valence-electron chi connectivity index (χ3n) is 6.19. The predicted molar refractivity (Wildman–Crippen MR) is 94.6 cm³/mol. The van der Waals surface area contributed by atoms with Gasteiger partial charge in [-0.3, -0.25) is 9.58 Å². The summed E-state index contributed by atoms with van der Waals surface area (Å²) >= 11 is 0. The first-order valence-electron chi connectivity index (χ1n) is 9.23. The van der Waals surface area contributed by atoms with Crippen LogP contribution in [0, 0.1) is 5.41 Å². The molecular formula is C20H26N4. The minimum Gasteiger partial charge on any atom is -0.313 e. The molecule has 2 aromatic rings. The van der Waals surface area contributed by atoms with Crippen molar-refractivity contribution >= 4 is 0 Å². The van der Waals surface area contributed by atoms with E-state index in [4.69, 9.17) is 0 Å². The zero-order valence-electron chi connectivity index (χ0n) is 14.4. The van der Waals surface area contributed by atoms with Crippen molar-refractivity contribution in [3.05, 3.63) is 53.3 Å². The molecule has 3 aliphatic rings. The Morgan fingerprint density at radius 2 is 2.04 bits per heavy atom. The van der Waals surface area contributed by atoms with Gasteiger partial charge in [0.15, 0.2) is 0 Å². The number of hydrogen-bond acceptors (Lipinski definition) is 3. The van der Waals surface area contributed by atoms with Gasteiger partial charge in [-0.15, -0.1) is 0 Å². The van der Waals surface area contributed by atoms with E-state index in [1.165, 1.54) is 49.2 Å². The van der Waals surface area contributed by atoms with Crippen molar-refractivity contribution in [3.63, 3.8) is 0 Å². The summed E-state index contributed by atoms with van der Waals surface area (Å²) in [6.07, 6.45) is 6.12. The fourth-order valence-corrected chi connectivity index (χ4v) is 4.34. The molecule has 2 fully saturated rings. The van der Waals surface area contributed by atoms with Gasteiger partial charge in [0.25, 0.3) is 0 Å². The Hall–Kier alpha value is -1.65. The van der Waals surface area contributed by atoms with Crippen molar-refractivity contribution in [1.29, 1.82) is 0 Å². The van der Waals surface area contributed by atoms with Gasteiger partial charge in [0.1, 0.15) is 0 Å². The van der Waals surface area contributed by atoms with Gasteiger partial charge in [0.05, 0.1) is 11.9 Å². The Labute approximate surface area is 143 Å². The van der Waals surface area contributed by atoms with Crippen molar-refractivity contribution < 1.29 is 0 Å². The highest BCUT2D eigenvalue weighted by atomic mass is 15.3. The van der Waals surface area contributed by atoms with Crippen molar-refractivity contribution in [3.8, 4) is 0 Å². The van der Waals surface area contributed by atoms with E-state index in [9.17, 15) is 0 Å². The molecule has 0 spiro atoms. The number of nitrogens with one attached hydrogen (secondary N) is 1. The summed E-state index contributed by atoms with van der Waals surface area (Å²) < 4.78 is 2.04. The first kappa shape index (κ1) is 14.7. The van der Waals surface area contributed by atoms with Crippen LogP contribution in [-0.2, 0) is 20.1 Å². The molecule has 4 heteroatoms. The summed E-state index contributed by atoms with van der Waals surface area (Å²) in [4.78, 5) is 2.61. The molecule has 1 aromatic heterocycles. The Morgan fingerprint density at radius 1 is 1.21 bits per heavy atom. The minimum absolute atomic E-state index is 0.527. The van der Waals surface area contributed by atoms with Crippen molar-refractivity contribution in [2.24, 2.45) is 12.5 Å². The summed E-state index contributed by atoms with van der Waals surface area (Å²) in [5, 5.41) is 8.23. The smallest absolute Gasteiger partial charge is 0.0566 e. The fourth-order valence-electron chi connectivity index (χ4n) is 4.34. The highest BCUT2D eigenvalue weighted by molar-refractivity contribution is 5.28. The van der Waals surface area contributed by atoms with E-state index >= 15 is 0 Å². The third-order valence-corrected chi connectivity index (χ3v) is 6.19. The lowest BCUT2D eigenvalue weighted by atomic mass is 10.1. The molecule has 2 saturated carbocycles. The van der Waals surface area contributed by atoms with Gasteiger partial charge < -0.3 is 5.32 Å². The van der Waals surface area contributed by atoms with Crippen LogP contribution < -0.4 is 5.32 Å². The van der Waals surface area contributed by atoms with Crippen LogP contribution in [0.5, 0.6) is 0 Å². The number of rotatable bonds is 6. The Morgan fingerprint density at radius 3 is 2.79 bits per heavy atom. The predicted octanol–water partition coefficient (Wildman–Crippen LogP) is 2.66. The number of aromatic nitrogens is 2. The summed E-state index contributed by atoms with van der Waals surface area (Å²) in [6.45, 7) is 4.58. The minimum atomic E-state index is 0.527. The normalized spacial score (nSPS) is 27.2. The van der Waals surface area contributed by atoms with Crippen LogP contribution in [0.1, 0.15) is 42.0 Å². The van der Waals surface area contributed by atoms with Gasteiger partial charge in [-0.2, -0.15) is 5.10 Å². The van der Waals surface area contributed by atoms with Gasteiger partial charge in [0, 0.05) is 50.7 Å². The van der Waals surface area contributed by atoms with Crippen LogP contribution in [0.25, 0.3) is 0 Å². The van der Waals surface area contributed by atoms with Crippen molar-refractivity contribution in [2.45, 2.75) is 44.3 Å². The fraction of sp³-hybridized carbons (Fsp3) is 0.550. The van der Waals surface area contributed by atoms with E-state index in [0.717, 1.165) is 19.0 Å². The largest absolute Gasteiger partial charge is 0.313 e. The summed E-state index contributed by atoms with van der Waals surface area (Å²) in [5.41, 5.74) is 4.86. The molecule has 5 rings (SSSR count). The monoisotopic (exact) mass is 322 g/mol. The maximum Gasteiger partial charge on any atom is 0.0566 e. The second-order valence-electron chi connectivity index (χ2n) is 8.13. The maximum atomic E-state index is 4.37. The molecule has 0 amide bonds. The van der Waals surface area contributed by atoms with Crippen molar-refractivity contribution in [2.75, 3.05) is 13.1 Å². The zero-order chi connectivity index (χ0) is 16.1. The Bertz CT molecular complexity index is 731. The molecular weight excluding hydrogens is 296 g/mol. The number of fused-ring (bicyclic) bond motifs is 1. The summed E-state index contributed by atoms with van der Waals surface area (Å²) in [5.74, 6) is 0.740. The van der Waals surface area contributed by atoms with E-state index in [1.54, 1.807) is 0 Å². The van der Waals surface area contributed by atoms with Crippen LogP contribution in [0.2, 0.25) is 0 Å². The molecule has 0 bridgehead atoms. The van der Waals surface area contributed by atoms with Crippen LogP contribution in [0.3, 0.4) is 0 Å². The van der Waals surface area contributed by atoms with E-state index < -0.39 is 0 Å². The third kappa shape index (κ3) is 2.68. The number of aryl methyl sites for hydroxylation is 1. The molecule has 2 aliphatic carbocycles. The van der Waals surface area contributed by atoms with Crippen LogP contribution >= 0.6 is 0 Å². The van der Waals surface area contributed by atoms with E-state index in [1.807, 2.05) is 10.9 Å². The second-order valence-corrected chi connectivity index (χ2v) is 8.13. The van der Waals surface area contributed by atoms with Gasteiger partial charge >= 0.3 is 0 Å². The average Bonchev–Trinajstić information content (AvgIpc) is 3.47. The standard InChI is InChI=1S/C20H26N4/c1-23-19-12-24(11-16(19)10-22-23)14-20(7-8-20)13-21-18-9-17(18)15-5-3-2-4-6-15/h2-6,10,17-18,21H,7-9,11-14H2,1H3/t17?,18-/m0/s1. The molecule has 2 heterocycles. The van der Waals surface area contributed by atoms with E-state index in [2.05, 4.69) is 52.7 Å². The lowest BCUT2D eigenvalue weighted by Crippen LogP contribution is -2.35. The molecule has 0 radical (unpaired) electrons. The molecule has 1 unspecified atom stereocenters. The number of benzene rings is 1. The second kappa shape index (κ2) is 5.43. The lowest BCUT2D eigenvalue weighted by Gasteiger charge is -2.23. The Balaban J connectivity index is 1.13. The summed E-state index contributed by atoms with van der Waals surface area (Å²) in [7, 11) is 2.06. The SMILES string of the molecule is Cn1ncc2c1CN(CC1(CN[C@H]3CC3c3ccccc3)CC1)C2. The lowest BCUT2D eigenvalue weighted by molar-refractivity contribution is 0.215. The van der Waals surface area contributed by atoms with Crippen LogP contribution in [-0.4, -0.2) is 33.8 Å². The van der Waals surface area contributed by atoms with Crippen LogP contribution in [0.4, 0.5) is 0 Å².